The molecule has 0 aromatic carbocycles. The molecule has 0 aliphatic carbocycles. The van der Waals surface area contributed by atoms with E-state index in [1.165, 1.54) is 0 Å². The van der Waals surface area contributed by atoms with Gasteiger partial charge in [0.25, 0.3) is 0 Å². The Hall–Kier alpha value is -0.370. The van der Waals surface area contributed by atoms with Crippen molar-refractivity contribution in [1.82, 2.24) is 4.90 Å². The summed E-state index contributed by atoms with van der Waals surface area (Å²) in [5.41, 5.74) is 0.0212. The van der Waals surface area contributed by atoms with E-state index in [-0.39, 0.29) is 17.4 Å². The SMILES string of the molecule is CCN(CC)C(C(=O)C(C)C)C(C)(C)C. The van der Waals surface area contributed by atoms with Crippen molar-refractivity contribution < 1.29 is 4.79 Å². The molecular formula is C13H27NO. The molecule has 2 nitrogen and oxygen atoms in total. The van der Waals surface area contributed by atoms with Gasteiger partial charge in [0.1, 0.15) is 0 Å². The van der Waals surface area contributed by atoms with Crippen LogP contribution in [-0.2, 0) is 4.79 Å². The number of ketones is 1. The number of nitrogens with zero attached hydrogens (tertiary/aromatic N) is 1. The lowest BCUT2D eigenvalue weighted by molar-refractivity contribution is -0.131. The van der Waals surface area contributed by atoms with E-state index in [2.05, 4.69) is 39.5 Å². The van der Waals surface area contributed by atoms with Gasteiger partial charge in [-0.2, -0.15) is 0 Å². The fourth-order valence-corrected chi connectivity index (χ4v) is 2.06. The van der Waals surface area contributed by atoms with E-state index in [1.807, 2.05) is 13.8 Å². The number of rotatable bonds is 5. The summed E-state index contributed by atoms with van der Waals surface area (Å²) in [6.45, 7) is 16.6. The molecule has 0 bridgehead atoms. The Morgan fingerprint density at radius 1 is 1.13 bits per heavy atom. The molecule has 0 N–H and O–H groups in total. The van der Waals surface area contributed by atoms with E-state index in [0.717, 1.165) is 13.1 Å². The quantitative estimate of drug-likeness (QED) is 0.700. The van der Waals surface area contributed by atoms with E-state index < -0.39 is 0 Å². The molecular weight excluding hydrogens is 186 g/mol. The molecule has 90 valence electrons. The minimum Gasteiger partial charge on any atom is -0.298 e. The van der Waals surface area contributed by atoms with Gasteiger partial charge in [0, 0.05) is 5.92 Å². The predicted molar refractivity (Wildman–Crippen MR) is 66.0 cm³/mol. The number of likely N-dealkylation sites (N-methyl/N-ethyl adjacent to an activating group) is 1. The molecule has 0 saturated carbocycles. The summed E-state index contributed by atoms with van der Waals surface area (Å²) in [4.78, 5) is 14.5. The van der Waals surface area contributed by atoms with Gasteiger partial charge in [-0.1, -0.05) is 48.5 Å². The first-order chi connectivity index (χ1) is 6.75. The molecule has 1 unspecified atom stereocenters. The van der Waals surface area contributed by atoms with Crippen LogP contribution in [0.15, 0.2) is 0 Å². The van der Waals surface area contributed by atoms with Crippen molar-refractivity contribution in [2.24, 2.45) is 11.3 Å². The van der Waals surface area contributed by atoms with Crippen LogP contribution in [-0.4, -0.2) is 29.8 Å². The first kappa shape index (κ1) is 14.6. The number of carbonyl (C=O) groups excluding carboxylic acids is 1. The van der Waals surface area contributed by atoms with E-state index >= 15 is 0 Å². The molecule has 15 heavy (non-hydrogen) atoms. The monoisotopic (exact) mass is 213 g/mol. The van der Waals surface area contributed by atoms with Gasteiger partial charge in [0.15, 0.2) is 5.78 Å². The largest absolute Gasteiger partial charge is 0.298 e. The molecule has 0 rings (SSSR count). The Balaban J connectivity index is 4.97. The molecule has 0 aliphatic rings. The van der Waals surface area contributed by atoms with Crippen LogP contribution >= 0.6 is 0 Å². The second kappa shape index (κ2) is 5.64. The number of carbonyl (C=O) groups is 1. The summed E-state index contributed by atoms with van der Waals surface area (Å²) in [5, 5.41) is 0. The average molecular weight is 213 g/mol. The lowest BCUT2D eigenvalue weighted by atomic mass is 9.80. The first-order valence-corrected chi connectivity index (χ1v) is 6.03. The van der Waals surface area contributed by atoms with Crippen molar-refractivity contribution in [2.75, 3.05) is 13.1 Å². The lowest BCUT2D eigenvalue weighted by Gasteiger charge is -2.39. The normalized spacial score (nSPS) is 14.7. The molecule has 0 radical (unpaired) electrons. The van der Waals surface area contributed by atoms with Crippen LogP contribution in [0.5, 0.6) is 0 Å². The van der Waals surface area contributed by atoms with Crippen LogP contribution in [0, 0.1) is 11.3 Å². The lowest BCUT2D eigenvalue weighted by Crippen LogP contribution is -2.50. The van der Waals surface area contributed by atoms with Crippen LogP contribution in [0.2, 0.25) is 0 Å². The van der Waals surface area contributed by atoms with E-state index in [0.29, 0.717) is 5.78 Å². The Kier molecular flexibility index (Phi) is 5.50. The van der Waals surface area contributed by atoms with Crippen molar-refractivity contribution in [2.45, 2.75) is 54.5 Å². The Morgan fingerprint density at radius 3 is 1.73 bits per heavy atom. The topological polar surface area (TPSA) is 20.3 Å². The van der Waals surface area contributed by atoms with Crippen LogP contribution in [0.1, 0.15) is 48.5 Å². The molecule has 2 heteroatoms. The zero-order valence-electron chi connectivity index (χ0n) is 11.4. The number of hydrogen-bond donors (Lipinski definition) is 0. The van der Waals surface area contributed by atoms with Gasteiger partial charge in [0.2, 0.25) is 0 Å². The first-order valence-electron chi connectivity index (χ1n) is 6.03. The fraction of sp³-hybridized carbons (Fsp3) is 0.923. The minimum atomic E-state index is 0.0212. The maximum absolute atomic E-state index is 12.2. The Morgan fingerprint density at radius 2 is 1.53 bits per heavy atom. The van der Waals surface area contributed by atoms with E-state index in [1.54, 1.807) is 0 Å². The highest BCUT2D eigenvalue weighted by Crippen LogP contribution is 2.27. The zero-order valence-corrected chi connectivity index (χ0v) is 11.4. The molecule has 0 aromatic rings. The molecule has 0 heterocycles. The van der Waals surface area contributed by atoms with Crippen molar-refractivity contribution in [3.63, 3.8) is 0 Å². The second-order valence-electron chi connectivity index (χ2n) is 5.55. The summed E-state index contributed by atoms with van der Waals surface area (Å²) in [7, 11) is 0. The summed E-state index contributed by atoms with van der Waals surface area (Å²) in [5.74, 6) is 0.487. The summed E-state index contributed by atoms with van der Waals surface area (Å²) >= 11 is 0. The van der Waals surface area contributed by atoms with E-state index in [4.69, 9.17) is 0 Å². The maximum Gasteiger partial charge on any atom is 0.153 e. The molecule has 1 atom stereocenters. The molecule has 0 amide bonds. The van der Waals surface area contributed by atoms with Gasteiger partial charge in [-0.15, -0.1) is 0 Å². The Bertz CT molecular complexity index is 199. The molecule has 0 spiro atoms. The minimum absolute atomic E-state index is 0.0212. The van der Waals surface area contributed by atoms with Crippen molar-refractivity contribution in [1.29, 1.82) is 0 Å². The summed E-state index contributed by atoms with van der Waals surface area (Å²) in [6.07, 6.45) is 0. The average Bonchev–Trinajstić information content (AvgIpc) is 2.10. The zero-order chi connectivity index (χ0) is 12.2. The highest BCUT2D eigenvalue weighted by molar-refractivity contribution is 5.86. The standard InChI is InChI=1S/C13H27NO/c1-8-14(9-2)12(13(5,6)7)11(15)10(3)4/h10,12H,8-9H2,1-7H3. The molecule has 0 aliphatic heterocycles. The van der Waals surface area contributed by atoms with Crippen molar-refractivity contribution in [3.05, 3.63) is 0 Å². The Labute approximate surface area is 95.0 Å². The fourth-order valence-electron chi connectivity index (χ4n) is 2.06. The van der Waals surface area contributed by atoms with Gasteiger partial charge in [0.05, 0.1) is 6.04 Å². The van der Waals surface area contributed by atoms with Gasteiger partial charge in [-0.25, -0.2) is 0 Å². The van der Waals surface area contributed by atoms with Crippen LogP contribution in [0.3, 0.4) is 0 Å². The van der Waals surface area contributed by atoms with E-state index in [9.17, 15) is 4.79 Å². The number of Topliss-reactive ketones (excluding diaryl/α,β-unsaturated/α-hetero) is 1. The highest BCUT2D eigenvalue weighted by atomic mass is 16.1. The smallest absolute Gasteiger partial charge is 0.153 e. The van der Waals surface area contributed by atoms with Crippen LogP contribution in [0.4, 0.5) is 0 Å². The van der Waals surface area contributed by atoms with Crippen molar-refractivity contribution in [3.8, 4) is 0 Å². The van der Waals surface area contributed by atoms with Crippen molar-refractivity contribution >= 4 is 5.78 Å². The van der Waals surface area contributed by atoms with Gasteiger partial charge in [-0.3, -0.25) is 9.69 Å². The van der Waals surface area contributed by atoms with Crippen LogP contribution in [0.25, 0.3) is 0 Å². The van der Waals surface area contributed by atoms with Gasteiger partial charge < -0.3 is 0 Å². The van der Waals surface area contributed by atoms with Crippen LogP contribution < -0.4 is 0 Å². The third-order valence-corrected chi connectivity index (χ3v) is 2.84. The van der Waals surface area contributed by atoms with Gasteiger partial charge in [-0.05, 0) is 18.5 Å². The molecule has 0 fully saturated rings. The summed E-state index contributed by atoms with van der Waals surface area (Å²) in [6, 6.07) is 0.0486. The molecule has 0 saturated heterocycles. The number of hydrogen-bond acceptors (Lipinski definition) is 2. The highest BCUT2D eigenvalue weighted by Gasteiger charge is 2.35. The third kappa shape index (κ3) is 3.94. The molecule has 0 aromatic heterocycles. The maximum atomic E-state index is 12.2. The summed E-state index contributed by atoms with van der Waals surface area (Å²) < 4.78 is 0. The second-order valence-corrected chi connectivity index (χ2v) is 5.55. The van der Waals surface area contributed by atoms with Gasteiger partial charge >= 0.3 is 0 Å². The predicted octanol–water partition coefficient (Wildman–Crippen LogP) is 2.97. The third-order valence-electron chi connectivity index (χ3n) is 2.84.